The second-order valence-electron chi connectivity index (χ2n) is 5.01. The van der Waals surface area contributed by atoms with E-state index in [1.54, 1.807) is 13.1 Å². The van der Waals surface area contributed by atoms with Crippen molar-refractivity contribution in [2.24, 2.45) is 0 Å². The fraction of sp³-hybridized carbons (Fsp3) is 0.188. The number of amides is 2. The van der Waals surface area contributed by atoms with Crippen molar-refractivity contribution in [1.82, 2.24) is 9.88 Å². The number of likely N-dealkylation sites (N-methyl/N-ethyl adjacent to an activating group) is 1. The summed E-state index contributed by atoms with van der Waals surface area (Å²) < 4.78 is 38.9. The predicted molar refractivity (Wildman–Crippen MR) is 88.7 cm³/mol. The number of carbonyl (C=O) groups excluding carboxylic acids is 2. The Morgan fingerprint density at radius 3 is 2.68 bits per heavy atom. The molecule has 0 radical (unpaired) electrons. The zero-order valence-corrected chi connectivity index (χ0v) is 13.9. The molecule has 1 heterocycles. The third kappa shape index (κ3) is 4.44. The van der Waals surface area contributed by atoms with Gasteiger partial charge < -0.3 is 4.90 Å². The molecule has 1 aromatic carbocycles. The summed E-state index contributed by atoms with van der Waals surface area (Å²) in [6.07, 6.45) is -3.10. The Labute approximate surface area is 145 Å². The molecule has 0 fully saturated rings. The van der Waals surface area contributed by atoms with Gasteiger partial charge in [0.2, 0.25) is 0 Å². The first-order valence-electron chi connectivity index (χ1n) is 7.03. The third-order valence-electron chi connectivity index (χ3n) is 3.17. The lowest BCUT2D eigenvalue weighted by molar-refractivity contribution is -0.137. The van der Waals surface area contributed by atoms with Gasteiger partial charge in [0, 0.05) is 19.0 Å². The van der Waals surface area contributed by atoms with Gasteiger partial charge in [-0.25, -0.2) is 4.98 Å². The number of thiazole rings is 1. The quantitative estimate of drug-likeness (QED) is 0.818. The highest BCUT2D eigenvalue weighted by Gasteiger charge is 2.35. The van der Waals surface area contributed by atoms with E-state index in [1.807, 2.05) is 0 Å². The Kier molecular flexibility index (Phi) is 5.58. The summed E-state index contributed by atoms with van der Waals surface area (Å²) in [6.45, 7) is 3.84. The molecule has 2 amide bonds. The zero-order valence-electron chi connectivity index (χ0n) is 13.1. The summed E-state index contributed by atoms with van der Waals surface area (Å²) in [6, 6.07) is 4.45. The highest BCUT2D eigenvalue weighted by atomic mass is 32.1. The Bertz CT molecular complexity index is 802. The third-order valence-corrected chi connectivity index (χ3v) is 3.93. The van der Waals surface area contributed by atoms with Crippen molar-refractivity contribution < 1.29 is 22.8 Å². The second kappa shape index (κ2) is 7.47. The van der Waals surface area contributed by atoms with Crippen LogP contribution in [0.2, 0.25) is 0 Å². The van der Waals surface area contributed by atoms with Gasteiger partial charge in [-0.3, -0.25) is 14.9 Å². The summed E-state index contributed by atoms with van der Waals surface area (Å²) in [5.41, 5.74) is -1.46. The van der Waals surface area contributed by atoms with Crippen LogP contribution in [-0.2, 0) is 6.18 Å². The molecule has 1 N–H and O–H groups in total. The minimum Gasteiger partial charge on any atom is -0.337 e. The van der Waals surface area contributed by atoms with Crippen LogP contribution in [0.25, 0.3) is 0 Å². The minimum absolute atomic E-state index is 0.0392. The molecule has 132 valence electrons. The van der Waals surface area contributed by atoms with E-state index < -0.39 is 23.2 Å². The molecule has 0 saturated carbocycles. The number of benzene rings is 1. The van der Waals surface area contributed by atoms with Crippen LogP contribution in [-0.4, -0.2) is 35.3 Å². The van der Waals surface area contributed by atoms with E-state index in [4.69, 9.17) is 0 Å². The smallest absolute Gasteiger partial charge is 0.337 e. The van der Waals surface area contributed by atoms with Crippen LogP contribution in [0.5, 0.6) is 0 Å². The SMILES string of the molecule is C=CCN(C)C(=O)c1csc(NC(=O)c2ccccc2C(F)(F)F)n1. The van der Waals surface area contributed by atoms with Crippen molar-refractivity contribution in [3.05, 3.63) is 59.1 Å². The number of hydrogen-bond acceptors (Lipinski definition) is 4. The largest absolute Gasteiger partial charge is 0.417 e. The first kappa shape index (κ1) is 18.7. The topological polar surface area (TPSA) is 62.3 Å². The zero-order chi connectivity index (χ0) is 18.6. The number of nitrogens with one attached hydrogen (secondary N) is 1. The minimum atomic E-state index is -4.65. The molecule has 0 aliphatic rings. The van der Waals surface area contributed by atoms with Gasteiger partial charge in [0.05, 0.1) is 11.1 Å². The molecule has 1 aromatic heterocycles. The van der Waals surface area contributed by atoms with Gasteiger partial charge in [-0.05, 0) is 12.1 Å². The van der Waals surface area contributed by atoms with Crippen LogP contribution in [0.4, 0.5) is 18.3 Å². The molecule has 0 aliphatic heterocycles. The average molecular weight is 369 g/mol. The second-order valence-corrected chi connectivity index (χ2v) is 5.87. The Balaban J connectivity index is 2.18. The highest BCUT2D eigenvalue weighted by Crippen LogP contribution is 2.32. The fourth-order valence-electron chi connectivity index (χ4n) is 1.99. The van der Waals surface area contributed by atoms with E-state index in [9.17, 15) is 22.8 Å². The standard InChI is InChI=1S/C16H14F3N3O2S/c1-3-8-22(2)14(24)12-9-25-15(20-12)21-13(23)10-6-4-5-7-11(10)16(17,18)19/h3-7,9H,1,8H2,2H3,(H,20,21,23). The van der Waals surface area contributed by atoms with Crippen LogP contribution in [0.15, 0.2) is 42.3 Å². The molecule has 2 aromatic rings. The maximum Gasteiger partial charge on any atom is 0.417 e. The molecule has 0 unspecified atom stereocenters. The van der Waals surface area contributed by atoms with Crippen LogP contribution >= 0.6 is 11.3 Å². The molecule has 5 nitrogen and oxygen atoms in total. The molecule has 25 heavy (non-hydrogen) atoms. The summed E-state index contributed by atoms with van der Waals surface area (Å²) in [5, 5.41) is 3.76. The fourth-order valence-corrected chi connectivity index (χ4v) is 2.67. The summed E-state index contributed by atoms with van der Waals surface area (Å²) in [4.78, 5) is 29.5. The van der Waals surface area contributed by atoms with Crippen molar-refractivity contribution in [1.29, 1.82) is 0 Å². The lowest BCUT2D eigenvalue weighted by Gasteiger charge is -2.12. The Morgan fingerprint density at radius 1 is 1.36 bits per heavy atom. The van der Waals surface area contributed by atoms with E-state index in [-0.39, 0.29) is 16.7 Å². The molecule has 0 saturated heterocycles. The molecule has 0 aliphatic carbocycles. The Hall–Kier alpha value is -2.68. The van der Waals surface area contributed by atoms with E-state index >= 15 is 0 Å². The maximum atomic E-state index is 13.0. The van der Waals surface area contributed by atoms with E-state index in [2.05, 4.69) is 16.9 Å². The van der Waals surface area contributed by atoms with E-state index in [0.717, 1.165) is 23.5 Å². The molecular weight excluding hydrogens is 355 g/mol. The highest BCUT2D eigenvalue weighted by molar-refractivity contribution is 7.14. The van der Waals surface area contributed by atoms with Crippen LogP contribution in [0.1, 0.15) is 26.4 Å². The van der Waals surface area contributed by atoms with E-state index in [1.165, 1.54) is 22.4 Å². The predicted octanol–water partition coefficient (Wildman–Crippen LogP) is 3.67. The first-order chi connectivity index (χ1) is 11.7. The molecule has 0 atom stereocenters. The normalized spacial score (nSPS) is 11.0. The van der Waals surface area contributed by atoms with E-state index in [0.29, 0.717) is 6.54 Å². The number of halogens is 3. The Morgan fingerprint density at radius 2 is 2.04 bits per heavy atom. The number of hydrogen-bond donors (Lipinski definition) is 1. The van der Waals surface area contributed by atoms with Gasteiger partial charge in [0.15, 0.2) is 5.13 Å². The van der Waals surface area contributed by atoms with Gasteiger partial charge in [0.25, 0.3) is 11.8 Å². The van der Waals surface area contributed by atoms with Gasteiger partial charge >= 0.3 is 6.18 Å². The number of nitrogens with zero attached hydrogens (tertiary/aromatic N) is 2. The monoisotopic (exact) mass is 369 g/mol. The molecule has 2 rings (SSSR count). The molecular formula is C16H14F3N3O2S. The molecule has 9 heteroatoms. The van der Waals surface area contributed by atoms with Crippen molar-refractivity contribution in [2.75, 3.05) is 18.9 Å². The summed E-state index contributed by atoms with van der Waals surface area (Å²) in [7, 11) is 1.56. The summed E-state index contributed by atoms with van der Waals surface area (Å²) >= 11 is 0.952. The van der Waals surface area contributed by atoms with Crippen molar-refractivity contribution >= 4 is 28.3 Å². The molecule has 0 spiro atoms. The van der Waals surface area contributed by atoms with Crippen molar-refractivity contribution in [3.63, 3.8) is 0 Å². The van der Waals surface area contributed by atoms with Crippen LogP contribution in [0.3, 0.4) is 0 Å². The number of anilines is 1. The van der Waals surface area contributed by atoms with Crippen LogP contribution < -0.4 is 5.32 Å². The maximum absolute atomic E-state index is 13.0. The number of alkyl halides is 3. The van der Waals surface area contributed by atoms with Gasteiger partial charge in [0.1, 0.15) is 5.69 Å². The van der Waals surface area contributed by atoms with Gasteiger partial charge in [-0.1, -0.05) is 18.2 Å². The first-order valence-corrected chi connectivity index (χ1v) is 7.91. The van der Waals surface area contributed by atoms with Gasteiger partial charge in [-0.15, -0.1) is 17.9 Å². The lowest BCUT2D eigenvalue weighted by atomic mass is 10.1. The lowest BCUT2D eigenvalue weighted by Crippen LogP contribution is -2.27. The number of rotatable bonds is 5. The average Bonchev–Trinajstić information content (AvgIpc) is 3.02. The summed E-state index contributed by atoms with van der Waals surface area (Å²) in [5.74, 6) is -1.33. The van der Waals surface area contributed by atoms with Crippen molar-refractivity contribution in [3.8, 4) is 0 Å². The molecule has 0 bridgehead atoms. The van der Waals surface area contributed by atoms with Crippen LogP contribution in [0, 0.1) is 0 Å². The number of carbonyl (C=O) groups is 2. The van der Waals surface area contributed by atoms with Gasteiger partial charge in [-0.2, -0.15) is 13.2 Å². The number of aromatic nitrogens is 1. The van der Waals surface area contributed by atoms with Crippen molar-refractivity contribution in [2.45, 2.75) is 6.18 Å².